The van der Waals surface area contributed by atoms with Crippen molar-refractivity contribution in [1.82, 2.24) is 15.2 Å². The number of amides is 1. The van der Waals surface area contributed by atoms with Crippen LogP contribution >= 0.6 is 11.3 Å². The smallest absolute Gasteiger partial charge is 0.277 e. The van der Waals surface area contributed by atoms with Gasteiger partial charge in [0.15, 0.2) is 10.8 Å². The van der Waals surface area contributed by atoms with E-state index >= 15 is 0 Å². The Kier molecular flexibility index (Phi) is 5.17. The molecule has 0 saturated carbocycles. The summed E-state index contributed by atoms with van der Waals surface area (Å²) in [5.41, 5.74) is 5.61. The molecule has 22 heavy (non-hydrogen) atoms. The number of nitrogens with zero attached hydrogens (tertiary/aromatic N) is 2. The summed E-state index contributed by atoms with van der Waals surface area (Å²) in [6, 6.07) is 0. The zero-order valence-corrected chi connectivity index (χ0v) is 13.3. The van der Waals surface area contributed by atoms with E-state index < -0.39 is 5.91 Å². The highest BCUT2D eigenvalue weighted by atomic mass is 32.1. The minimum atomic E-state index is -0.730. The minimum Gasteiger partial charge on any atom is -0.364 e. The second kappa shape index (κ2) is 6.91. The van der Waals surface area contributed by atoms with Gasteiger partial charge in [-0.05, 0) is 33.1 Å². The molecule has 1 aromatic rings. The predicted molar refractivity (Wildman–Crippen MR) is 83.4 cm³/mol. The van der Waals surface area contributed by atoms with Crippen LogP contribution in [0.2, 0.25) is 0 Å². The third-order valence-electron chi connectivity index (χ3n) is 3.18. The number of hydrogen-bond acceptors (Lipinski definition) is 7. The Labute approximate surface area is 132 Å². The van der Waals surface area contributed by atoms with E-state index in [4.69, 9.17) is 5.73 Å². The van der Waals surface area contributed by atoms with Crippen LogP contribution in [0.25, 0.3) is 0 Å². The molecular formula is C14H18N4O3S. The van der Waals surface area contributed by atoms with E-state index in [0.717, 1.165) is 24.4 Å². The van der Waals surface area contributed by atoms with Crippen molar-refractivity contribution in [2.75, 3.05) is 33.7 Å². The Morgan fingerprint density at radius 3 is 2.73 bits per heavy atom. The molecule has 2 rings (SSSR count). The Balaban J connectivity index is 2.01. The van der Waals surface area contributed by atoms with Crippen LogP contribution in [0.15, 0.2) is 11.6 Å². The Morgan fingerprint density at radius 1 is 1.36 bits per heavy atom. The van der Waals surface area contributed by atoms with Crippen LogP contribution in [0.5, 0.6) is 0 Å². The largest absolute Gasteiger partial charge is 0.364 e. The van der Waals surface area contributed by atoms with Crippen LogP contribution in [-0.2, 0) is 0 Å². The lowest BCUT2D eigenvalue weighted by molar-refractivity contribution is 0.0979. The number of hydrogen-bond donors (Lipinski definition) is 2. The standard InChI is InChI=1S/C14H18N4O3S/c1-18(2)6-5-16-4-3-8-7-9(19)12-10(11(8)20)17-14(22-12)13(15)21/h7,16H,3-6H2,1-2H3,(H2,15,21). The van der Waals surface area contributed by atoms with E-state index in [1.807, 2.05) is 14.1 Å². The number of carbonyl (C=O) groups excluding carboxylic acids is 3. The van der Waals surface area contributed by atoms with Gasteiger partial charge in [-0.1, -0.05) is 0 Å². The molecule has 0 atom stereocenters. The quantitative estimate of drug-likeness (QED) is 0.689. The Hall–Kier alpha value is -1.90. The highest BCUT2D eigenvalue weighted by molar-refractivity contribution is 7.16. The van der Waals surface area contributed by atoms with E-state index in [2.05, 4.69) is 15.2 Å². The first-order chi connectivity index (χ1) is 10.4. The summed E-state index contributed by atoms with van der Waals surface area (Å²) in [6.45, 7) is 2.29. The zero-order chi connectivity index (χ0) is 16.3. The van der Waals surface area contributed by atoms with E-state index in [-0.39, 0.29) is 27.1 Å². The average molecular weight is 322 g/mol. The van der Waals surface area contributed by atoms with Gasteiger partial charge in [-0.3, -0.25) is 14.4 Å². The number of aromatic nitrogens is 1. The predicted octanol–water partition coefficient (Wildman–Crippen LogP) is 0.0887. The lowest BCUT2D eigenvalue weighted by Crippen LogP contribution is -2.28. The molecule has 0 fully saturated rings. The number of carbonyl (C=O) groups is 3. The first-order valence-electron chi connectivity index (χ1n) is 6.86. The van der Waals surface area contributed by atoms with Gasteiger partial charge in [-0.15, -0.1) is 11.3 Å². The normalized spacial score (nSPS) is 14.2. The van der Waals surface area contributed by atoms with Crippen molar-refractivity contribution in [3.8, 4) is 0 Å². The summed E-state index contributed by atoms with van der Waals surface area (Å²) in [5.74, 6) is -1.32. The molecule has 8 heteroatoms. The van der Waals surface area contributed by atoms with Crippen LogP contribution in [0, 0.1) is 0 Å². The van der Waals surface area contributed by atoms with Crippen molar-refractivity contribution in [2.45, 2.75) is 6.42 Å². The second-order valence-corrected chi connectivity index (χ2v) is 6.23. The molecular weight excluding hydrogens is 304 g/mol. The number of likely N-dealkylation sites (N-methyl/N-ethyl adjacent to an activating group) is 1. The maximum atomic E-state index is 12.3. The summed E-state index contributed by atoms with van der Waals surface area (Å²) in [5, 5.41) is 3.20. The number of thiazole rings is 1. The summed E-state index contributed by atoms with van der Waals surface area (Å²) in [6.07, 6.45) is 1.78. The van der Waals surface area contributed by atoms with Crippen LogP contribution in [-0.4, -0.2) is 61.1 Å². The molecule has 0 unspecified atom stereocenters. The molecule has 1 aromatic heterocycles. The van der Waals surface area contributed by atoms with Crippen molar-refractivity contribution in [2.24, 2.45) is 5.73 Å². The van der Waals surface area contributed by atoms with Crippen LogP contribution in [0.4, 0.5) is 0 Å². The molecule has 0 saturated heterocycles. The van der Waals surface area contributed by atoms with Gasteiger partial charge in [0.2, 0.25) is 5.78 Å². The lowest BCUT2D eigenvalue weighted by atomic mass is 9.97. The number of Topliss-reactive ketones (excluding diaryl/α,β-unsaturated/α-hetero) is 1. The second-order valence-electron chi connectivity index (χ2n) is 5.23. The number of primary amides is 1. The average Bonchev–Trinajstić information content (AvgIpc) is 2.89. The third kappa shape index (κ3) is 3.65. The maximum absolute atomic E-state index is 12.3. The third-order valence-corrected chi connectivity index (χ3v) is 4.27. The van der Waals surface area contributed by atoms with Crippen molar-refractivity contribution in [3.05, 3.63) is 27.2 Å². The van der Waals surface area contributed by atoms with Crippen molar-refractivity contribution < 1.29 is 14.4 Å². The first-order valence-corrected chi connectivity index (χ1v) is 7.67. The van der Waals surface area contributed by atoms with Gasteiger partial charge in [-0.2, -0.15) is 0 Å². The fourth-order valence-corrected chi connectivity index (χ4v) is 2.85. The molecule has 0 aromatic carbocycles. The Morgan fingerprint density at radius 2 is 2.09 bits per heavy atom. The lowest BCUT2D eigenvalue weighted by Gasteiger charge is -2.12. The molecule has 7 nitrogen and oxygen atoms in total. The molecule has 1 heterocycles. The molecule has 1 aliphatic carbocycles. The molecule has 1 aliphatic rings. The van der Waals surface area contributed by atoms with Crippen LogP contribution in [0.1, 0.15) is 36.4 Å². The fraction of sp³-hybridized carbons (Fsp3) is 0.429. The number of nitrogens with two attached hydrogens (primary N) is 1. The number of allylic oxidation sites excluding steroid dienone is 1. The van der Waals surface area contributed by atoms with Crippen molar-refractivity contribution in [3.63, 3.8) is 0 Å². The number of fused-ring (bicyclic) bond motifs is 1. The number of rotatable bonds is 7. The first kappa shape index (κ1) is 16.5. The van der Waals surface area contributed by atoms with Gasteiger partial charge in [0, 0.05) is 18.7 Å². The van der Waals surface area contributed by atoms with Crippen molar-refractivity contribution in [1.29, 1.82) is 0 Å². The summed E-state index contributed by atoms with van der Waals surface area (Å²) >= 11 is 0.871. The maximum Gasteiger partial charge on any atom is 0.277 e. The highest BCUT2D eigenvalue weighted by Crippen LogP contribution is 2.27. The SMILES string of the molecule is CN(C)CCNCCC1=CC(=O)c2sc(C(N)=O)nc2C1=O. The van der Waals surface area contributed by atoms with E-state index in [0.29, 0.717) is 18.5 Å². The molecule has 118 valence electrons. The topological polar surface area (TPSA) is 105 Å². The van der Waals surface area contributed by atoms with Gasteiger partial charge in [-0.25, -0.2) is 4.98 Å². The molecule has 3 N–H and O–H groups in total. The van der Waals surface area contributed by atoms with E-state index in [1.54, 1.807) is 0 Å². The van der Waals surface area contributed by atoms with Gasteiger partial charge in [0.1, 0.15) is 10.6 Å². The molecule has 0 bridgehead atoms. The number of ketones is 2. The van der Waals surface area contributed by atoms with Gasteiger partial charge in [0.05, 0.1) is 0 Å². The van der Waals surface area contributed by atoms with Crippen molar-refractivity contribution >= 4 is 28.8 Å². The molecule has 0 aliphatic heterocycles. The summed E-state index contributed by atoms with van der Waals surface area (Å²) in [4.78, 5) is 41.6. The summed E-state index contributed by atoms with van der Waals surface area (Å²) in [7, 11) is 3.96. The van der Waals surface area contributed by atoms with Gasteiger partial charge in [0.25, 0.3) is 5.91 Å². The van der Waals surface area contributed by atoms with Crippen LogP contribution in [0.3, 0.4) is 0 Å². The highest BCUT2D eigenvalue weighted by Gasteiger charge is 2.30. The number of nitrogens with one attached hydrogen (secondary N) is 1. The minimum absolute atomic E-state index is 0.00884. The zero-order valence-electron chi connectivity index (χ0n) is 12.5. The monoisotopic (exact) mass is 322 g/mol. The molecule has 0 spiro atoms. The fourth-order valence-electron chi connectivity index (χ4n) is 2.02. The van der Waals surface area contributed by atoms with Crippen LogP contribution < -0.4 is 11.1 Å². The Bertz CT molecular complexity index is 649. The molecule has 1 amide bonds. The van der Waals surface area contributed by atoms with Gasteiger partial charge < -0.3 is 16.0 Å². The van der Waals surface area contributed by atoms with Gasteiger partial charge >= 0.3 is 0 Å². The summed E-state index contributed by atoms with van der Waals surface area (Å²) < 4.78 is 0. The van der Waals surface area contributed by atoms with E-state index in [9.17, 15) is 14.4 Å². The van der Waals surface area contributed by atoms with E-state index in [1.165, 1.54) is 6.08 Å². The molecule has 0 radical (unpaired) electrons.